The molecule has 8 heteroatoms. The summed E-state index contributed by atoms with van der Waals surface area (Å²) < 4.78 is 5.36. The molecule has 0 fully saturated rings. The van der Waals surface area contributed by atoms with Gasteiger partial charge in [0.15, 0.2) is 6.61 Å². The molecule has 2 N–H and O–H groups in total. The standard InChI is InChI=1S/C21H22ClN3O4/c1-13(2)20(14-7-9-15(22)10-8-14)21(28)24-23-18(26)11-25-16-5-3-4-6-17(16)29-12-19(25)27/h3-10,13,20H,11-12H2,1-2H3,(H,23,26)(H,24,28)/t20-/m1/s1. The molecule has 0 unspecified atom stereocenters. The van der Waals surface area contributed by atoms with E-state index in [0.29, 0.717) is 16.5 Å². The molecule has 2 aromatic carbocycles. The first-order valence-corrected chi connectivity index (χ1v) is 9.61. The summed E-state index contributed by atoms with van der Waals surface area (Å²) in [6.45, 7) is 3.48. The van der Waals surface area contributed by atoms with Crippen LogP contribution >= 0.6 is 11.6 Å². The number of para-hydroxylation sites is 2. The predicted octanol–water partition coefficient (Wildman–Crippen LogP) is 2.65. The first kappa shape index (κ1) is 20.7. The summed E-state index contributed by atoms with van der Waals surface area (Å²) >= 11 is 5.92. The summed E-state index contributed by atoms with van der Waals surface area (Å²) in [5, 5.41) is 0.584. The largest absolute Gasteiger partial charge is 0.482 e. The molecular weight excluding hydrogens is 394 g/mol. The molecule has 7 nitrogen and oxygen atoms in total. The highest BCUT2D eigenvalue weighted by molar-refractivity contribution is 6.30. The van der Waals surface area contributed by atoms with E-state index in [1.165, 1.54) is 4.90 Å². The zero-order valence-corrected chi connectivity index (χ0v) is 16.9. The molecule has 0 spiro atoms. The maximum Gasteiger partial charge on any atom is 0.265 e. The molecule has 1 heterocycles. The minimum atomic E-state index is -0.512. The second-order valence-electron chi connectivity index (χ2n) is 7.05. The fourth-order valence-corrected chi connectivity index (χ4v) is 3.35. The minimum Gasteiger partial charge on any atom is -0.482 e. The third kappa shape index (κ3) is 4.86. The third-order valence-electron chi connectivity index (χ3n) is 4.61. The van der Waals surface area contributed by atoms with Crippen LogP contribution in [0.25, 0.3) is 0 Å². The van der Waals surface area contributed by atoms with E-state index in [0.717, 1.165) is 5.56 Å². The number of amides is 3. The topological polar surface area (TPSA) is 87.7 Å². The fourth-order valence-electron chi connectivity index (χ4n) is 3.23. The zero-order valence-electron chi connectivity index (χ0n) is 16.1. The van der Waals surface area contributed by atoms with Crippen molar-refractivity contribution >= 4 is 35.0 Å². The summed E-state index contributed by atoms with van der Waals surface area (Å²) in [7, 11) is 0. The molecule has 1 aliphatic heterocycles. The number of nitrogens with zero attached hydrogens (tertiary/aromatic N) is 1. The van der Waals surface area contributed by atoms with Crippen molar-refractivity contribution in [2.75, 3.05) is 18.1 Å². The molecule has 3 rings (SSSR count). The van der Waals surface area contributed by atoms with Crippen LogP contribution in [-0.4, -0.2) is 30.9 Å². The lowest BCUT2D eigenvalue weighted by atomic mass is 9.88. The molecule has 0 aliphatic carbocycles. The van der Waals surface area contributed by atoms with Crippen LogP contribution < -0.4 is 20.5 Å². The first-order valence-electron chi connectivity index (χ1n) is 9.23. The van der Waals surface area contributed by atoms with E-state index < -0.39 is 11.8 Å². The minimum absolute atomic E-state index is 0.000718. The smallest absolute Gasteiger partial charge is 0.265 e. The Hall–Kier alpha value is -3.06. The van der Waals surface area contributed by atoms with Crippen LogP contribution in [0.1, 0.15) is 25.3 Å². The highest BCUT2D eigenvalue weighted by atomic mass is 35.5. The van der Waals surface area contributed by atoms with Gasteiger partial charge in [0.1, 0.15) is 12.3 Å². The third-order valence-corrected chi connectivity index (χ3v) is 4.87. The fraction of sp³-hybridized carbons (Fsp3) is 0.286. The number of hydrazine groups is 1. The molecule has 0 aromatic heterocycles. The molecule has 0 bridgehead atoms. The van der Waals surface area contributed by atoms with Gasteiger partial charge in [-0.25, -0.2) is 0 Å². The van der Waals surface area contributed by atoms with Crippen molar-refractivity contribution in [2.45, 2.75) is 19.8 Å². The molecule has 152 valence electrons. The van der Waals surface area contributed by atoms with Crippen molar-refractivity contribution in [3.05, 3.63) is 59.1 Å². The Morgan fingerprint density at radius 1 is 1.10 bits per heavy atom. The predicted molar refractivity (Wildman–Crippen MR) is 110 cm³/mol. The van der Waals surface area contributed by atoms with Gasteiger partial charge in [0.05, 0.1) is 11.6 Å². The maximum absolute atomic E-state index is 12.7. The number of nitrogens with one attached hydrogen (secondary N) is 2. The Labute approximate surface area is 173 Å². The summed E-state index contributed by atoms with van der Waals surface area (Å²) in [6.07, 6.45) is 0. The van der Waals surface area contributed by atoms with Gasteiger partial charge >= 0.3 is 0 Å². The molecule has 1 aliphatic rings. The highest BCUT2D eigenvalue weighted by Gasteiger charge is 2.28. The number of carbonyl (C=O) groups is 3. The summed E-state index contributed by atoms with van der Waals surface area (Å²) in [5.74, 6) is -1.11. The van der Waals surface area contributed by atoms with Crippen LogP contribution in [0.2, 0.25) is 5.02 Å². The van der Waals surface area contributed by atoms with E-state index in [9.17, 15) is 14.4 Å². The van der Waals surface area contributed by atoms with Crippen molar-refractivity contribution in [2.24, 2.45) is 5.92 Å². The van der Waals surface area contributed by atoms with Gasteiger partial charge in [0.25, 0.3) is 11.8 Å². The Bertz CT molecular complexity index is 914. The van der Waals surface area contributed by atoms with Crippen LogP contribution in [-0.2, 0) is 14.4 Å². The number of benzene rings is 2. The van der Waals surface area contributed by atoms with E-state index in [1.807, 2.05) is 13.8 Å². The molecule has 0 radical (unpaired) electrons. The number of carbonyl (C=O) groups excluding carboxylic acids is 3. The van der Waals surface area contributed by atoms with E-state index in [2.05, 4.69) is 10.9 Å². The van der Waals surface area contributed by atoms with E-state index >= 15 is 0 Å². The number of ether oxygens (including phenoxy) is 1. The monoisotopic (exact) mass is 415 g/mol. The number of fused-ring (bicyclic) bond motifs is 1. The Morgan fingerprint density at radius 3 is 2.48 bits per heavy atom. The van der Waals surface area contributed by atoms with E-state index in [4.69, 9.17) is 16.3 Å². The van der Waals surface area contributed by atoms with Gasteiger partial charge in [-0.05, 0) is 35.7 Å². The van der Waals surface area contributed by atoms with Crippen LogP contribution in [0.5, 0.6) is 5.75 Å². The lowest BCUT2D eigenvalue weighted by Crippen LogP contribution is -2.51. The van der Waals surface area contributed by atoms with Crippen molar-refractivity contribution in [3.8, 4) is 5.75 Å². The van der Waals surface area contributed by atoms with Crippen LogP contribution in [0.4, 0.5) is 5.69 Å². The highest BCUT2D eigenvalue weighted by Crippen LogP contribution is 2.31. The van der Waals surface area contributed by atoms with Crippen LogP contribution in [0.3, 0.4) is 0 Å². The molecule has 1 atom stereocenters. The molecule has 2 aromatic rings. The van der Waals surface area contributed by atoms with E-state index in [1.54, 1.807) is 48.5 Å². The SMILES string of the molecule is CC(C)[C@@H](C(=O)NNC(=O)CN1C(=O)COc2ccccc21)c1ccc(Cl)cc1. The van der Waals surface area contributed by atoms with Crippen molar-refractivity contribution < 1.29 is 19.1 Å². The average Bonchev–Trinajstić information content (AvgIpc) is 2.70. The molecular formula is C21H22ClN3O4. The number of anilines is 1. The van der Waals surface area contributed by atoms with Gasteiger partial charge in [-0.15, -0.1) is 0 Å². The number of hydrogen-bond donors (Lipinski definition) is 2. The number of hydrogen-bond acceptors (Lipinski definition) is 4. The molecule has 3 amide bonds. The van der Waals surface area contributed by atoms with Gasteiger partial charge in [-0.3, -0.25) is 30.1 Å². The number of rotatable bonds is 5. The lowest BCUT2D eigenvalue weighted by Gasteiger charge is -2.28. The summed E-state index contributed by atoms with van der Waals surface area (Å²) in [4.78, 5) is 38.5. The first-order chi connectivity index (χ1) is 13.9. The quantitative estimate of drug-likeness (QED) is 0.735. The Morgan fingerprint density at radius 2 is 1.79 bits per heavy atom. The molecule has 0 saturated heterocycles. The average molecular weight is 416 g/mol. The normalized spacial score (nSPS) is 14.1. The lowest BCUT2D eigenvalue weighted by molar-refractivity contribution is -0.130. The van der Waals surface area contributed by atoms with Crippen LogP contribution in [0.15, 0.2) is 48.5 Å². The number of halogens is 1. The van der Waals surface area contributed by atoms with Gasteiger partial charge in [0.2, 0.25) is 5.91 Å². The van der Waals surface area contributed by atoms with Crippen molar-refractivity contribution in [1.82, 2.24) is 10.9 Å². The van der Waals surface area contributed by atoms with Gasteiger partial charge in [-0.1, -0.05) is 49.7 Å². The second kappa shape index (κ2) is 8.96. The van der Waals surface area contributed by atoms with Crippen LogP contribution in [0, 0.1) is 5.92 Å². The van der Waals surface area contributed by atoms with Gasteiger partial charge in [0, 0.05) is 5.02 Å². The second-order valence-corrected chi connectivity index (χ2v) is 7.48. The Balaban J connectivity index is 1.63. The zero-order chi connectivity index (χ0) is 21.0. The van der Waals surface area contributed by atoms with Crippen molar-refractivity contribution in [3.63, 3.8) is 0 Å². The molecule has 29 heavy (non-hydrogen) atoms. The van der Waals surface area contributed by atoms with Gasteiger partial charge in [-0.2, -0.15) is 0 Å². The summed E-state index contributed by atoms with van der Waals surface area (Å²) in [6, 6.07) is 14.0. The molecule has 0 saturated carbocycles. The van der Waals surface area contributed by atoms with Crippen molar-refractivity contribution in [1.29, 1.82) is 0 Å². The summed E-state index contributed by atoms with van der Waals surface area (Å²) in [5.41, 5.74) is 6.18. The van der Waals surface area contributed by atoms with E-state index in [-0.39, 0.29) is 30.9 Å². The maximum atomic E-state index is 12.7. The van der Waals surface area contributed by atoms with Gasteiger partial charge < -0.3 is 4.74 Å². The Kier molecular flexibility index (Phi) is 6.39.